The fraction of sp³-hybridized carbons (Fsp3) is 0.727. The summed E-state index contributed by atoms with van der Waals surface area (Å²) in [6.45, 7) is 6.01. The predicted octanol–water partition coefficient (Wildman–Crippen LogP) is 3.23. The summed E-state index contributed by atoms with van der Waals surface area (Å²) in [7, 11) is 0. The average Bonchev–Trinajstić information content (AvgIpc) is 2.20. The maximum atomic E-state index is 7.62. The first kappa shape index (κ1) is 12.2. The van der Waals surface area contributed by atoms with Crippen LogP contribution < -0.4 is 5.73 Å². The van der Waals surface area contributed by atoms with Crippen molar-refractivity contribution in [2.75, 3.05) is 0 Å². The first-order valence-electron chi connectivity index (χ1n) is 5.31. The van der Waals surface area contributed by atoms with E-state index in [0.717, 1.165) is 36.2 Å². The van der Waals surface area contributed by atoms with Gasteiger partial charge in [0.25, 0.3) is 0 Å². The summed E-state index contributed by atoms with van der Waals surface area (Å²) in [6.07, 6.45) is 5.25. The van der Waals surface area contributed by atoms with Gasteiger partial charge in [-0.2, -0.15) is 0 Å². The molecule has 0 aromatic heterocycles. The van der Waals surface area contributed by atoms with E-state index in [9.17, 15) is 0 Å². The van der Waals surface area contributed by atoms with Gasteiger partial charge in [0.2, 0.25) is 0 Å². The standard InChI is InChI=1S/C9H16N2.C2H6/c1-2-8(10)7-5-3-4-6-9(7)11;1-2/h10H,2-6,11H2,1H3;1-2H3. The lowest BCUT2D eigenvalue weighted by Crippen LogP contribution is -2.13. The van der Waals surface area contributed by atoms with Crippen LogP contribution in [0.3, 0.4) is 0 Å². The third kappa shape index (κ3) is 3.62. The molecule has 0 unspecified atom stereocenters. The molecule has 0 radical (unpaired) electrons. The first-order chi connectivity index (χ1) is 6.25. The lowest BCUT2D eigenvalue weighted by molar-refractivity contribution is 0.680. The Hall–Kier alpha value is -0.790. The molecule has 0 amide bonds. The van der Waals surface area contributed by atoms with Gasteiger partial charge in [-0.1, -0.05) is 20.8 Å². The first-order valence-corrected chi connectivity index (χ1v) is 5.31. The number of hydrogen-bond acceptors (Lipinski definition) is 2. The fourth-order valence-corrected chi connectivity index (χ4v) is 1.49. The van der Waals surface area contributed by atoms with Crippen LogP contribution in [0.2, 0.25) is 0 Å². The van der Waals surface area contributed by atoms with Gasteiger partial charge in [0.05, 0.1) is 0 Å². The van der Waals surface area contributed by atoms with Gasteiger partial charge < -0.3 is 11.1 Å². The Morgan fingerprint density at radius 3 is 2.31 bits per heavy atom. The highest BCUT2D eigenvalue weighted by atomic mass is 14.6. The van der Waals surface area contributed by atoms with E-state index in [0.29, 0.717) is 0 Å². The Morgan fingerprint density at radius 2 is 1.85 bits per heavy atom. The molecule has 0 atom stereocenters. The Labute approximate surface area is 81.7 Å². The van der Waals surface area contributed by atoms with Crippen molar-refractivity contribution >= 4 is 5.71 Å². The molecule has 13 heavy (non-hydrogen) atoms. The molecule has 1 aliphatic carbocycles. The summed E-state index contributed by atoms with van der Waals surface area (Å²) in [5.74, 6) is 0. The van der Waals surface area contributed by atoms with Gasteiger partial charge in [-0.05, 0) is 37.7 Å². The molecule has 76 valence electrons. The van der Waals surface area contributed by atoms with Gasteiger partial charge in [-0.15, -0.1) is 0 Å². The highest BCUT2D eigenvalue weighted by molar-refractivity contribution is 5.98. The fourth-order valence-electron chi connectivity index (χ4n) is 1.49. The van der Waals surface area contributed by atoms with E-state index in [1.54, 1.807) is 0 Å². The van der Waals surface area contributed by atoms with Crippen LogP contribution in [0.5, 0.6) is 0 Å². The molecule has 1 aliphatic rings. The van der Waals surface area contributed by atoms with Crippen LogP contribution in [-0.4, -0.2) is 5.71 Å². The van der Waals surface area contributed by atoms with Crippen LogP contribution in [0.25, 0.3) is 0 Å². The van der Waals surface area contributed by atoms with Crippen LogP contribution in [-0.2, 0) is 0 Å². The maximum absolute atomic E-state index is 7.62. The molecular weight excluding hydrogens is 160 g/mol. The minimum absolute atomic E-state index is 0.738. The lowest BCUT2D eigenvalue weighted by atomic mass is 9.92. The van der Waals surface area contributed by atoms with Crippen LogP contribution >= 0.6 is 0 Å². The van der Waals surface area contributed by atoms with Gasteiger partial charge in [0, 0.05) is 11.4 Å². The summed E-state index contributed by atoms with van der Waals surface area (Å²) in [4.78, 5) is 0. The van der Waals surface area contributed by atoms with E-state index >= 15 is 0 Å². The summed E-state index contributed by atoms with van der Waals surface area (Å²) in [5.41, 5.74) is 8.62. The number of rotatable bonds is 2. The minimum Gasteiger partial charge on any atom is -0.402 e. The van der Waals surface area contributed by atoms with Crippen molar-refractivity contribution in [1.29, 1.82) is 5.41 Å². The lowest BCUT2D eigenvalue weighted by Gasteiger charge is -2.16. The summed E-state index contributed by atoms with van der Waals surface area (Å²) in [6, 6.07) is 0. The van der Waals surface area contributed by atoms with Crippen molar-refractivity contribution in [3.05, 3.63) is 11.3 Å². The molecule has 3 N–H and O–H groups in total. The molecule has 0 aromatic rings. The highest BCUT2D eigenvalue weighted by Crippen LogP contribution is 2.22. The summed E-state index contributed by atoms with van der Waals surface area (Å²) >= 11 is 0. The molecule has 0 aliphatic heterocycles. The summed E-state index contributed by atoms with van der Waals surface area (Å²) in [5, 5.41) is 7.62. The smallest absolute Gasteiger partial charge is 0.0360 e. The highest BCUT2D eigenvalue weighted by Gasteiger charge is 2.12. The van der Waals surface area contributed by atoms with Gasteiger partial charge in [-0.3, -0.25) is 0 Å². The molecule has 2 nitrogen and oxygen atoms in total. The van der Waals surface area contributed by atoms with Crippen LogP contribution in [0.15, 0.2) is 11.3 Å². The topological polar surface area (TPSA) is 49.9 Å². The monoisotopic (exact) mass is 182 g/mol. The van der Waals surface area contributed by atoms with Gasteiger partial charge in [-0.25, -0.2) is 0 Å². The van der Waals surface area contributed by atoms with Crippen molar-refractivity contribution in [1.82, 2.24) is 0 Å². The maximum Gasteiger partial charge on any atom is 0.0360 e. The zero-order valence-electron chi connectivity index (χ0n) is 9.11. The SMILES string of the molecule is CC.CCC(=N)C1=C(N)CCCC1. The predicted molar refractivity (Wildman–Crippen MR) is 59.0 cm³/mol. The summed E-state index contributed by atoms with van der Waals surface area (Å²) < 4.78 is 0. The number of hydrogen-bond donors (Lipinski definition) is 2. The Balaban J connectivity index is 0.000000671. The molecule has 0 saturated carbocycles. The number of nitrogens with one attached hydrogen (secondary N) is 1. The zero-order chi connectivity index (χ0) is 10.3. The van der Waals surface area contributed by atoms with E-state index in [-0.39, 0.29) is 0 Å². The van der Waals surface area contributed by atoms with E-state index in [2.05, 4.69) is 0 Å². The van der Waals surface area contributed by atoms with Gasteiger partial charge in [0.1, 0.15) is 0 Å². The molecule has 0 heterocycles. The number of allylic oxidation sites excluding steroid dienone is 2. The van der Waals surface area contributed by atoms with Gasteiger partial charge >= 0.3 is 0 Å². The normalized spacial score (nSPS) is 16.2. The number of nitrogens with two attached hydrogens (primary N) is 1. The van der Waals surface area contributed by atoms with Crippen LogP contribution in [0, 0.1) is 5.41 Å². The second-order valence-electron chi connectivity index (χ2n) is 3.04. The average molecular weight is 182 g/mol. The van der Waals surface area contributed by atoms with Crippen molar-refractivity contribution in [3.8, 4) is 0 Å². The van der Waals surface area contributed by atoms with Crippen LogP contribution in [0.1, 0.15) is 52.9 Å². The molecular formula is C11H22N2. The Morgan fingerprint density at radius 1 is 1.31 bits per heavy atom. The molecule has 0 saturated heterocycles. The molecule has 0 fully saturated rings. The molecule has 1 rings (SSSR count). The molecule has 2 heteroatoms. The Bertz CT molecular complexity index is 192. The van der Waals surface area contributed by atoms with E-state index in [4.69, 9.17) is 11.1 Å². The van der Waals surface area contributed by atoms with E-state index in [1.807, 2.05) is 20.8 Å². The third-order valence-electron chi connectivity index (χ3n) is 2.23. The van der Waals surface area contributed by atoms with E-state index in [1.165, 1.54) is 12.8 Å². The minimum atomic E-state index is 0.738. The van der Waals surface area contributed by atoms with Gasteiger partial charge in [0.15, 0.2) is 0 Å². The van der Waals surface area contributed by atoms with Crippen molar-refractivity contribution in [2.45, 2.75) is 52.9 Å². The van der Waals surface area contributed by atoms with E-state index < -0.39 is 0 Å². The molecule has 0 aromatic carbocycles. The second-order valence-corrected chi connectivity index (χ2v) is 3.04. The molecule has 0 bridgehead atoms. The van der Waals surface area contributed by atoms with Crippen LogP contribution in [0.4, 0.5) is 0 Å². The largest absolute Gasteiger partial charge is 0.402 e. The third-order valence-corrected chi connectivity index (χ3v) is 2.23. The van der Waals surface area contributed by atoms with Crippen molar-refractivity contribution in [2.24, 2.45) is 5.73 Å². The quantitative estimate of drug-likeness (QED) is 0.633. The molecule has 0 spiro atoms. The van der Waals surface area contributed by atoms with Crippen molar-refractivity contribution < 1.29 is 0 Å². The Kier molecular flexibility index (Phi) is 6.29. The van der Waals surface area contributed by atoms with Crippen molar-refractivity contribution in [3.63, 3.8) is 0 Å². The second kappa shape index (κ2) is 6.70. The zero-order valence-corrected chi connectivity index (χ0v) is 9.11.